The van der Waals surface area contributed by atoms with Crippen molar-refractivity contribution < 1.29 is 4.73 Å². The maximum atomic E-state index is 12.7. The van der Waals surface area contributed by atoms with Crippen molar-refractivity contribution in [2.75, 3.05) is 0 Å². The number of aryl methyl sites for hydroxylation is 1. The van der Waals surface area contributed by atoms with Gasteiger partial charge in [0.1, 0.15) is 4.88 Å². The monoisotopic (exact) mass is 364 g/mol. The molecule has 2 aromatic carbocycles. The Kier molecular flexibility index (Phi) is 4.11. The van der Waals surface area contributed by atoms with Crippen LogP contribution in [0.15, 0.2) is 60.7 Å². The average Bonchev–Trinajstić information content (AvgIpc) is 3.17. The van der Waals surface area contributed by atoms with E-state index in [0.29, 0.717) is 5.01 Å². The van der Waals surface area contributed by atoms with Crippen molar-refractivity contribution in [2.45, 2.75) is 13.8 Å². The number of hydrogen-bond donors (Lipinski definition) is 0. The predicted octanol–water partition coefficient (Wildman–Crippen LogP) is 5.46. The first-order valence-electron chi connectivity index (χ1n) is 7.96. The first-order chi connectivity index (χ1) is 12.1. The molecule has 0 N–H and O–H groups in total. The smallest absolute Gasteiger partial charge is 0.310 e. The van der Waals surface area contributed by atoms with Gasteiger partial charge in [-0.05, 0) is 18.1 Å². The normalized spacial score (nSPS) is 11.0. The summed E-state index contributed by atoms with van der Waals surface area (Å²) in [6.07, 6.45) is 0. The van der Waals surface area contributed by atoms with Crippen LogP contribution in [0.3, 0.4) is 0 Å². The molecule has 0 saturated heterocycles. The third-order valence-electron chi connectivity index (χ3n) is 4.07. The third kappa shape index (κ3) is 2.86. The molecule has 25 heavy (non-hydrogen) atoms. The Bertz CT molecular complexity index is 1020. The Morgan fingerprint density at radius 2 is 1.36 bits per heavy atom. The topological polar surface area (TPSA) is 39.8 Å². The zero-order chi connectivity index (χ0) is 17.4. The van der Waals surface area contributed by atoms with Crippen molar-refractivity contribution in [3.8, 4) is 30.9 Å². The van der Waals surface area contributed by atoms with Gasteiger partial charge in [0.25, 0.3) is 0 Å². The summed E-state index contributed by atoms with van der Waals surface area (Å²) in [5, 5.41) is 14.2. The number of thiazole rings is 2. The highest BCUT2D eigenvalue weighted by atomic mass is 32.1. The van der Waals surface area contributed by atoms with Crippen LogP contribution < -0.4 is 4.73 Å². The Hall–Kier alpha value is -2.50. The molecular formula is C20H16N2OS2. The van der Waals surface area contributed by atoms with E-state index in [1.807, 2.05) is 62.4 Å². The molecule has 0 fully saturated rings. The van der Waals surface area contributed by atoms with Crippen molar-refractivity contribution in [3.63, 3.8) is 0 Å². The van der Waals surface area contributed by atoms with E-state index < -0.39 is 0 Å². The number of rotatable bonds is 3. The number of aromatic nitrogens is 2. The first-order valence-corrected chi connectivity index (χ1v) is 9.60. The minimum atomic E-state index is 0.659. The molecule has 0 bridgehead atoms. The van der Waals surface area contributed by atoms with Crippen LogP contribution in [0.25, 0.3) is 30.9 Å². The van der Waals surface area contributed by atoms with Crippen LogP contribution in [0.1, 0.15) is 11.4 Å². The maximum Gasteiger partial charge on any atom is 0.310 e. The largest absolute Gasteiger partial charge is 0.617 e. The van der Waals surface area contributed by atoms with E-state index in [-0.39, 0.29) is 0 Å². The van der Waals surface area contributed by atoms with Crippen molar-refractivity contribution in [3.05, 3.63) is 77.3 Å². The van der Waals surface area contributed by atoms with Crippen molar-refractivity contribution >= 4 is 22.7 Å². The number of nitrogens with zero attached hydrogens (tertiary/aromatic N) is 2. The summed E-state index contributed by atoms with van der Waals surface area (Å²) in [5.74, 6) is 0. The van der Waals surface area contributed by atoms with E-state index >= 15 is 0 Å². The van der Waals surface area contributed by atoms with E-state index in [2.05, 4.69) is 17.1 Å². The molecule has 124 valence electrons. The van der Waals surface area contributed by atoms with Gasteiger partial charge in [-0.2, -0.15) is 4.73 Å². The van der Waals surface area contributed by atoms with Gasteiger partial charge >= 0.3 is 5.01 Å². The molecule has 2 aromatic heterocycles. The van der Waals surface area contributed by atoms with Gasteiger partial charge in [0, 0.05) is 6.92 Å². The molecule has 4 aromatic rings. The van der Waals surface area contributed by atoms with Gasteiger partial charge in [-0.3, -0.25) is 0 Å². The molecule has 0 aliphatic rings. The fraction of sp³-hybridized carbons (Fsp3) is 0.100. The molecule has 5 heteroatoms. The molecule has 0 aliphatic heterocycles. The molecule has 0 radical (unpaired) electrons. The zero-order valence-electron chi connectivity index (χ0n) is 13.9. The number of benzene rings is 2. The van der Waals surface area contributed by atoms with Gasteiger partial charge in [0.15, 0.2) is 0 Å². The quantitative estimate of drug-likeness (QED) is 0.358. The molecular weight excluding hydrogens is 348 g/mol. The van der Waals surface area contributed by atoms with E-state index in [4.69, 9.17) is 0 Å². The Morgan fingerprint density at radius 3 is 1.96 bits per heavy atom. The van der Waals surface area contributed by atoms with Crippen LogP contribution in [0.5, 0.6) is 0 Å². The van der Waals surface area contributed by atoms with Crippen molar-refractivity contribution in [1.82, 2.24) is 4.98 Å². The van der Waals surface area contributed by atoms with Crippen LogP contribution in [0.4, 0.5) is 0 Å². The lowest BCUT2D eigenvalue weighted by Crippen LogP contribution is -2.29. The van der Waals surface area contributed by atoms with E-state index in [1.54, 1.807) is 11.3 Å². The summed E-state index contributed by atoms with van der Waals surface area (Å²) in [4.78, 5) is 6.79. The van der Waals surface area contributed by atoms with Gasteiger partial charge < -0.3 is 5.21 Å². The van der Waals surface area contributed by atoms with Crippen LogP contribution in [-0.4, -0.2) is 4.98 Å². The summed E-state index contributed by atoms with van der Waals surface area (Å²) >= 11 is 3.08. The lowest BCUT2D eigenvalue weighted by atomic mass is 10.2. The fourth-order valence-corrected chi connectivity index (χ4v) is 5.06. The molecule has 3 nitrogen and oxygen atoms in total. The second-order valence-electron chi connectivity index (χ2n) is 5.78. The Labute approximate surface area is 154 Å². The van der Waals surface area contributed by atoms with E-state index in [0.717, 1.165) is 42.0 Å². The van der Waals surface area contributed by atoms with E-state index in [9.17, 15) is 5.21 Å². The van der Waals surface area contributed by atoms with Crippen LogP contribution in [-0.2, 0) is 0 Å². The Balaban J connectivity index is 1.82. The zero-order valence-corrected chi connectivity index (χ0v) is 15.5. The van der Waals surface area contributed by atoms with Gasteiger partial charge in [-0.15, -0.1) is 11.3 Å². The molecule has 0 saturated carbocycles. The molecule has 0 spiro atoms. The summed E-state index contributed by atoms with van der Waals surface area (Å²) in [6, 6.07) is 20.2. The van der Waals surface area contributed by atoms with E-state index in [1.165, 1.54) is 11.3 Å². The van der Waals surface area contributed by atoms with Crippen LogP contribution in [0.2, 0.25) is 0 Å². The molecule has 0 aliphatic carbocycles. The Morgan fingerprint density at radius 1 is 0.800 bits per heavy atom. The predicted molar refractivity (Wildman–Crippen MR) is 105 cm³/mol. The van der Waals surface area contributed by atoms with Crippen molar-refractivity contribution in [2.24, 2.45) is 0 Å². The molecule has 0 amide bonds. The SMILES string of the molecule is Cc1nc(-c2sc(-c3ccccc3)c(C)[n+]2[O-])sc1-c1ccccc1. The number of hydrogen-bond acceptors (Lipinski definition) is 4. The van der Waals surface area contributed by atoms with Gasteiger partial charge in [0.05, 0.1) is 10.6 Å². The highest BCUT2D eigenvalue weighted by Gasteiger charge is 2.25. The summed E-state index contributed by atoms with van der Waals surface area (Å²) in [7, 11) is 0. The second-order valence-corrected chi connectivity index (χ2v) is 7.78. The highest BCUT2D eigenvalue weighted by Crippen LogP contribution is 2.39. The standard InChI is InChI=1S/C20H16N2OS2/c1-13-17(15-9-5-3-6-10-15)24-19(21-13)20-22(23)14(2)18(25-20)16-11-7-4-8-12-16/h3-12H,1-2H3. The average molecular weight is 364 g/mol. The highest BCUT2D eigenvalue weighted by molar-refractivity contribution is 7.24. The maximum absolute atomic E-state index is 12.7. The molecule has 0 atom stereocenters. The van der Waals surface area contributed by atoms with Crippen LogP contribution >= 0.6 is 22.7 Å². The fourth-order valence-electron chi connectivity index (χ4n) is 2.79. The molecule has 0 unspecified atom stereocenters. The third-order valence-corrected chi connectivity index (χ3v) is 6.70. The minimum absolute atomic E-state index is 0.659. The van der Waals surface area contributed by atoms with Crippen molar-refractivity contribution in [1.29, 1.82) is 0 Å². The van der Waals surface area contributed by atoms with Gasteiger partial charge in [0.2, 0.25) is 10.7 Å². The molecule has 4 rings (SSSR count). The second kappa shape index (κ2) is 6.43. The van der Waals surface area contributed by atoms with Crippen LogP contribution in [0, 0.1) is 19.1 Å². The summed E-state index contributed by atoms with van der Waals surface area (Å²) in [6.45, 7) is 3.87. The lowest BCUT2D eigenvalue weighted by Gasteiger charge is -1.97. The first kappa shape index (κ1) is 16.0. The summed E-state index contributed by atoms with van der Waals surface area (Å²) < 4.78 is 1.01. The van der Waals surface area contributed by atoms with Gasteiger partial charge in [-0.25, -0.2) is 4.98 Å². The summed E-state index contributed by atoms with van der Waals surface area (Å²) in [5.41, 5.74) is 3.88. The lowest BCUT2D eigenvalue weighted by molar-refractivity contribution is -0.595. The van der Waals surface area contributed by atoms with Gasteiger partial charge in [-0.1, -0.05) is 72.0 Å². The molecule has 2 heterocycles. The minimum Gasteiger partial charge on any atom is -0.617 e.